The number of rotatable bonds is 2. The summed E-state index contributed by atoms with van der Waals surface area (Å²) in [4.78, 5) is 29.2. The molecule has 1 aromatic heterocycles. The normalized spacial score (nSPS) is 15.4. The van der Waals surface area contributed by atoms with Gasteiger partial charge in [-0.25, -0.2) is 9.78 Å². The lowest BCUT2D eigenvalue weighted by molar-refractivity contribution is -0.124. The number of anilines is 1. The number of nitrogens with one attached hydrogen (secondary N) is 1. The monoisotopic (exact) mass is 277 g/mol. The molecule has 0 atom stereocenters. The Bertz CT molecular complexity index is 490. The summed E-state index contributed by atoms with van der Waals surface area (Å²) in [6.07, 6.45) is 1.24. The minimum atomic E-state index is -0.515. The van der Waals surface area contributed by atoms with Crippen LogP contribution in [0.2, 0.25) is 0 Å². The number of pyridine rings is 1. The summed E-state index contributed by atoms with van der Waals surface area (Å²) in [6, 6.07) is 5.31. The number of nitrogens with zero attached hydrogens (tertiary/aromatic N) is 2. The van der Waals surface area contributed by atoms with E-state index in [0.717, 1.165) is 0 Å². The number of aromatic nitrogens is 1. The van der Waals surface area contributed by atoms with Crippen LogP contribution in [0.25, 0.3) is 0 Å². The van der Waals surface area contributed by atoms with E-state index in [1.165, 1.54) is 4.90 Å². The molecule has 1 fully saturated rings. The average Bonchev–Trinajstić information content (AvgIpc) is 2.25. The smallest absolute Gasteiger partial charge is 0.410 e. The maximum atomic E-state index is 11.9. The first-order chi connectivity index (χ1) is 9.35. The molecular formula is C14H19N3O3. The van der Waals surface area contributed by atoms with Gasteiger partial charge in [0.1, 0.15) is 11.4 Å². The van der Waals surface area contributed by atoms with Gasteiger partial charge in [-0.1, -0.05) is 6.07 Å². The number of likely N-dealkylation sites (tertiary alicyclic amines) is 1. The van der Waals surface area contributed by atoms with Crippen molar-refractivity contribution >= 4 is 17.8 Å². The molecule has 0 aliphatic carbocycles. The molecule has 0 bridgehead atoms. The largest absolute Gasteiger partial charge is 0.444 e. The standard InChI is InChI=1S/C14H19N3O3/c1-14(2,3)20-13(19)17-8-10(9-17)12(18)16-11-6-4-5-7-15-11/h4-7,10H,8-9H2,1-3H3,(H,15,16,18). The van der Waals surface area contributed by atoms with Gasteiger partial charge in [-0.3, -0.25) is 4.79 Å². The third-order valence-electron chi connectivity index (χ3n) is 2.82. The van der Waals surface area contributed by atoms with Crippen LogP contribution in [0.15, 0.2) is 24.4 Å². The molecule has 2 heterocycles. The first kappa shape index (κ1) is 14.3. The fourth-order valence-electron chi connectivity index (χ4n) is 1.78. The molecule has 108 valence electrons. The van der Waals surface area contributed by atoms with Crippen molar-refractivity contribution in [3.8, 4) is 0 Å². The SMILES string of the molecule is CC(C)(C)OC(=O)N1CC(C(=O)Nc2ccccn2)C1. The van der Waals surface area contributed by atoms with Crippen LogP contribution in [0, 0.1) is 5.92 Å². The van der Waals surface area contributed by atoms with Crippen molar-refractivity contribution in [1.29, 1.82) is 0 Å². The summed E-state index contributed by atoms with van der Waals surface area (Å²) >= 11 is 0. The molecule has 1 aliphatic heterocycles. The number of carbonyl (C=O) groups excluding carboxylic acids is 2. The summed E-state index contributed by atoms with van der Waals surface area (Å²) in [6.45, 7) is 6.21. The molecule has 1 saturated heterocycles. The van der Waals surface area contributed by atoms with Crippen LogP contribution in [0.3, 0.4) is 0 Å². The van der Waals surface area contributed by atoms with Crippen LogP contribution in [-0.2, 0) is 9.53 Å². The molecule has 0 saturated carbocycles. The van der Waals surface area contributed by atoms with Gasteiger partial charge in [0.2, 0.25) is 5.91 Å². The number of hydrogen-bond acceptors (Lipinski definition) is 4. The molecule has 6 nitrogen and oxygen atoms in total. The Kier molecular flexibility index (Phi) is 3.92. The van der Waals surface area contributed by atoms with Crippen LogP contribution in [0.5, 0.6) is 0 Å². The van der Waals surface area contributed by atoms with E-state index in [2.05, 4.69) is 10.3 Å². The first-order valence-corrected chi connectivity index (χ1v) is 6.55. The van der Waals surface area contributed by atoms with E-state index in [-0.39, 0.29) is 17.9 Å². The highest BCUT2D eigenvalue weighted by atomic mass is 16.6. The molecule has 1 N–H and O–H groups in total. The van der Waals surface area contributed by atoms with Crippen molar-refractivity contribution in [2.75, 3.05) is 18.4 Å². The van der Waals surface area contributed by atoms with E-state index in [0.29, 0.717) is 18.9 Å². The topological polar surface area (TPSA) is 71.5 Å². The third-order valence-corrected chi connectivity index (χ3v) is 2.82. The van der Waals surface area contributed by atoms with Crippen LogP contribution in [0.4, 0.5) is 10.6 Å². The zero-order chi connectivity index (χ0) is 14.8. The van der Waals surface area contributed by atoms with Gasteiger partial charge >= 0.3 is 6.09 Å². The van der Waals surface area contributed by atoms with Crippen molar-refractivity contribution in [1.82, 2.24) is 9.88 Å². The minimum absolute atomic E-state index is 0.122. The van der Waals surface area contributed by atoms with Gasteiger partial charge in [-0.05, 0) is 32.9 Å². The second-order valence-corrected chi connectivity index (χ2v) is 5.79. The Morgan fingerprint density at radius 2 is 2.05 bits per heavy atom. The zero-order valence-corrected chi connectivity index (χ0v) is 11.9. The van der Waals surface area contributed by atoms with Crippen molar-refractivity contribution in [3.63, 3.8) is 0 Å². The number of hydrogen-bond donors (Lipinski definition) is 1. The van der Waals surface area contributed by atoms with Crippen LogP contribution in [0.1, 0.15) is 20.8 Å². The number of amides is 2. The maximum absolute atomic E-state index is 11.9. The van der Waals surface area contributed by atoms with E-state index < -0.39 is 5.60 Å². The van der Waals surface area contributed by atoms with Crippen molar-refractivity contribution < 1.29 is 14.3 Å². The summed E-state index contributed by atoms with van der Waals surface area (Å²) in [5.74, 6) is 0.196. The molecule has 1 aromatic rings. The third kappa shape index (κ3) is 3.69. The fourth-order valence-corrected chi connectivity index (χ4v) is 1.78. The second kappa shape index (κ2) is 5.48. The molecule has 6 heteroatoms. The fraction of sp³-hybridized carbons (Fsp3) is 0.500. The minimum Gasteiger partial charge on any atom is -0.444 e. The summed E-state index contributed by atoms with van der Waals surface area (Å²) in [7, 11) is 0. The first-order valence-electron chi connectivity index (χ1n) is 6.55. The second-order valence-electron chi connectivity index (χ2n) is 5.79. The summed E-state index contributed by atoms with van der Waals surface area (Å²) in [5.41, 5.74) is -0.515. The van der Waals surface area contributed by atoms with Gasteiger partial charge in [0, 0.05) is 19.3 Å². The molecular weight excluding hydrogens is 258 g/mol. The van der Waals surface area contributed by atoms with Crippen molar-refractivity contribution in [3.05, 3.63) is 24.4 Å². The van der Waals surface area contributed by atoms with Gasteiger partial charge in [0.15, 0.2) is 0 Å². The molecule has 2 rings (SSSR count). The summed E-state index contributed by atoms with van der Waals surface area (Å²) < 4.78 is 5.23. The van der Waals surface area contributed by atoms with Gasteiger partial charge < -0.3 is 15.0 Å². The molecule has 0 radical (unpaired) electrons. The van der Waals surface area contributed by atoms with Crippen molar-refractivity contribution in [2.45, 2.75) is 26.4 Å². The zero-order valence-electron chi connectivity index (χ0n) is 11.9. The highest BCUT2D eigenvalue weighted by molar-refractivity contribution is 5.93. The highest BCUT2D eigenvalue weighted by Crippen LogP contribution is 2.20. The number of ether oxygens (including phenoxy) is 1. The van der Waals surface area contributed by atoms with E-state index >= 15 is 0 Å². The van der Waals surface area contributed by atoms with E-state index in [4.69, 9.17) is 4.74 Å². The lowest BCUT2D eigenvalue weighted by Crippen LogP contribution is -2.55. The van der Waals surface area contributed by atoms with Gasteiger partial charge in [-0.2, -0.15) is 0 Å². The Balaban J connectivity index is 1.79. The van der Waals surface area contributed by atoms with E-state index in [9.17, 15) is 9.59 Å². The Hall–Kier alpha value is -2.11. The predicted octanol–water partition coefficient (Wildman–Crippen LogP) is 1.89. The van der Waals surface area contributed by atoms with E-state index in [1.807, 2.05) is 20.8 Å². The summed E-state index contributed by atoms with van der Waals surface area (Å²) in [5, 5.41) is 2.72. The molecule has 20 heavy (non-hydrogen) atoms. The molecule has 1 aliphatic rings. The quantitative estimate of drug-likeness (QED) is 0.896. The molecule has 0 unspecified atom stereocenters. The average molecular weight is 277 g/mol. The molecule has 0 spiro atoms. The Labute approximate surface area is 118 Å². The lowest BCUT2D eigenvalue weighted by atomic mass is 10.00. The highest BCUT2D eigenvalue weighted by Gasteiger charge is 2.37. The van der Waals surface area contributed by atoms with Gasteiger partial charge in [0.05, 0.1) is 5.92 Å². The Morgan fingerprint density at radius 1 is 1.35 bits per heavy atom. The predicted molar refractivity (Wildman–Crippen MR) is 74.2 cm³/mol. The number of carbonyl (C=O) groups is 2. The van der Waals surface area contributed by atoms with Crippen LogP contribution >= 0.6 is 0 Å². The van der Waals surface area contributed by atoms with E-state index in [1.54, 1.807) is 24.4 Å². The van der Waals surface area contributed by atoms with Gasteiger partial charge in [-0.15, -0.1) is 0 Å². The van der Waals surface area contributed by atoms with Gasteiger partial charge in [0.25, 0.3) is 0 Å². The van der Waals surface area contributed by atoms with Crippen LogP contribution in [-0.4, -0.2) is 40.6 Å². The van der Waals surface area contributed by atoms with Crippen molar-refractivity contribution in [2.24, 2.45) is 5.92 Å². The molecule has 0 aromatic carbocycles. The maximum Gasteiger partial charge on any atom is 0.410 e. The van der Waals surface area contributed by atoms with Crippen LogP contribution < -0.4 is 5.32 Å². The Morgan fingerprint density at radius 3 is 2.60 bits per heavy atom. The molecule has 2 amide bonds. The lowest BCUT2D eigenvalue weighted by Gasteiger charge is -2.38.